The average Bonchev–Trinajstić information content (AvgIpc) is 1.95. The van der Waals surface area contributed by atoms with E-state index >= 15 is 0 Å². The Balaban J connectivity index is 3.71. The lowest BCUT2D eigenvalue weighted by Crippen LogP contribution is -2.39. The summed E-state index contributed by atoms with van der Waals surface area (Å²) in [5, 5.41) is 5.01. The van der Waals surface area contributed by atoms with Crippen LogP contribution in [-0.4, -0.2) is 24.5 Å². The number of carbonyl (C=O) groups excluding carboxylic acids is 1. The van der Waals surface area contributed by atoms with Crippen LogP contribution in [-0.2, 0) is 0 Å². The molecule has 0 aliphatic rings. The maximum absolute atomic E-state index is 11.5. The summed E-state index contributed by atoms with van der Waals surface area (Å²) < 4.78 is 34.6. The molecule has 0 aliphatic carbocycles. The zero-order chi connectivity index (χ0) is 10.5. The monoisotopic (exact) mass is 197 g/mol. The van der Waals surface area contributed by atoms with Crippen molar-refractivity contribution in [1.29, 1.82) is 0 Å². The predicted molar refractivity (Wildman–Crippen MR) is 41.4 cm³/mol. The second-order valence-electron chi connectivity index (χ2n) is 2.47. The van der Waals surface area contributed by atoms with Crippen molar-refractivity contribution in [1.82, 2.24) is 10.7 Å². The molecule has 0 atom stereocenters. The minimum absolute atomic E-state index is 0.544. The quantitative estimate of drug-likeness (QED) is 0.508. The molecule has 0 aromatic rings. The SMILES string of the molecule is CC(C)=NNC(=O)NCC(F)(F)F. The summed E-state index contributed by atoms with van der Waals surface area (Å²) >= 11 is 0. The summed E-state index contributed by atoms with van der Waals surface area (Å²) in [6.45, 7) is 1.84. The summed E-state index contributed by atoms with van der Waals surface area (Å²) in [5.41, 5.74) is 2.44. The molecule has 2 amide bonds. The molecule has 0 aromatic heterocycles. The summed E-state index contributed by atoms with van der Waals surface area (Å²) in [6.07, 6.45) is -4.40. The minimum Gasteiger partial charge on any atom is -0.328 e. The summed E-state index contributed by atoms with van der Waals surface area (Å²) in [4.78, 5) is 10.6. The average molecular weight is 197 g/mol. The second kappa shape index (κ2) is 4.68. The van der Waals surface area contributed by atoms with Crippen LogP contribution in [0.5, 0.6) is 0 Å². The maximum atomic E-state index is 11.5. The van der Waals surface area contributed by atoms with Gasteiger partial charge in [-0.25, -0.2) is 10.2 Å². The van der Waals surface area contributed by atoms with Gasteiger partial charge in [-0.05, 0) is 13.8 Å². The Morgan fingerprint density at radius 2 is 1.92 bits per heavy atom. The molecule has 4 nitrogen and oxygen atoms in total. The molecule has 0 heterocycles. The zero-order valence-corrected chi connectivity index (χ0v) is 7.20. The lowest BCUT2D eigenvalue weighted by Gasteiger charge is -2.07. The molecule has 0 fully saturated rings. The Morgan fingerprint density at radius 3 is 2.31 bits per heavy atom. The number of rotatable bonds is 2. The van der Waals surface area contributed by atoms with Gasteiger partial charge in [0.05, 0.1) is 0 Å². The van der Waals surface area contributed by atoms with E-state index in [1.54, 1.807) is 19.2 Å². The van der Waals surface area contributed by atoms with E-state index in [2.05, 4.69) is 5.10 Å². The van der Waals surface area contributed by atoms with Gasteiger partial charge in [-0.2, -0.15) is 18.3 Å². The Hall–Kier alpha value is -1.27. The van der Waals surface area contributed by atoms with Crippen LogP contribution >= 0.6 is 0 Å². The molecular weight excluding hydrogens is 187 g/mol. The van der Waals surface area contributed by atoms with Crippen LogP contribution in [0.3, 0.4) is 0 Å². The van der Waals surface area contributed by atoms with Crippen molar-refractivity contribution in [2.24, 2.45) is 5.10 Å². The van der Waals surface area contributed by atoms with Gasteiger partial charge in [0, 0.05) is 5.71 Å². The largest absolute Gasteiger partial charge is 0.405 e. The minimum atomic E-state index is -4.40. The van der Waals surface area contributed by atoms with Gasteiger partial charge in [0.25, 0.3) is 0 Å². The molecule has 13 heavy (non-hydrogen) atoms. The molecule has 0 rings (SSSR count). The van der Waals surface area contributed by atoms with Gasteiger partial charge in [0.1, 0.15) is 6.54 Å². The van der Waals surface area contributed by atoms with Gasteiger partial charge in [-0.1, -0.05) is 0 Å². The lowest BCUT2D eigenvalue weighted by atomic mass is 10.5. The Labute approximate surface area is 73.2 Å². The first-order valence-corrected chi connectivity index (χ1v) is 3.43. The smallest absolute Gasteiger partial charge is 0.328 e. The first-order valence-electron chi connectivity index (χ1n) is 3.43. The molecule has 76 valence electrons. The molecule has 2 N–H and O–H groups in total. The van der Waals surface area contributed by atoms with Crippen molar-refractivity contribution >= 4 is 11.7 Å². The number of carbonyl (C=O) groups is 1. The van der Waals surface area contributed by atoms with Crippen LogP contribution in [0.2, 0.25) is 0 Å². The Kier molecular flexibility index (Phi) is 4.22. The Morgan fingerprint density at radius 1 is 1.38 bits per heavy atom. The molecule has 0 aromatic carbocycles. The Bertz CT molecular complexity index is 208. The van der Waals surface area contributed by atoms with E-state index in [-0.39, 0.29) is 0 Å². The highest BCUT2D eigenvalue weighted by Crippen LogP contribution is 2.11. The molecular formula is C6H10F3N3O. The fourth-order valence-electron chi connectivity index (χ4n) is 0.383. The van der Waals surface area contributed by atoms with E-state index in [1.165, 1.54) is 0 Å². The number of hydrogen-bond acceptors (Lipinski definition) is 2. The third-order valence-electron chi connectivity index (χ3n) is 0.830. The van der Waals surface area contributed by atoms with Gasteiger partial charge in [0.2, 0.25) is 0 Å². The van der Waals surface area contributed by atoms with E-state index in [0.717, 1.165) is 0 Å². The molecule has 7 heteroatoms. The van der Waals surface area contributed by atoms with Gasteiger partial charge < -0.3 is 5.32 Å². The van der Waals surface area contributed by atoms with Crippen LogP contribution in [0.25, 0.3) is 0 Å². The van der Waals surface area contributed by atoms with Crippen molar-refractivity contribution in [2.75, 3.05) is 6.54 Å². The summed E-state index contributed by atoms with van der Waals surface area (Å²) in [6, 6.07) is -0.974. The third kappa shape index (κ3) is 8.64. The number of amides is 2. The van der Waals surface area contributed by atoms with E-state index in [0.29, 0.717) is 5.71 Å². The molecule has 0 radical (unpaired) electrons. The number of urea groups is 1. The third-order valence-corrected chi connectivity index (χ3v) is 0.830. The fourth-order valence-corrected chi connectivity index (χ4v) is 0.383. The standard InChI is InChI=1S/C6H10F3N3O/c1-4(2)11-12-5(13)10-3-6(7,8)9/h3H2,1-2H3,(H2,10,12,13). The van der Waals surface area contributed by atoms with Crippen LogP contribution in [0.15, 0.2) is 5.10 Å². The highest BCUT2D eigenvalue weighted by Gasteiger charge is 2.27. The van der Waals surface area contributed by atoms with E-state index < -0.39 is 18.8 Å². The molecule has 0 spiro atoms. The fraction of sp³-hybridized carbons (Fsp3) is 0.667. The summed E-state index contributed by atoms with van der Waals surface area (Å²) in [7, 11) is 0. The van der Waals surface area contributed by atoms with Gasteiger partial charge >= 0.3 is 12.2 Å². The number of nitrogens with one attached hydrogen (secondary N) is 2. The highest BCUT2D eigenvalue weighted by molar-refractivity contribution is 5.81. The van der Waals surface area contributed by atoms with E-state index in [1.807, 2.05) is 5.43 Å². The molecule has 0 unspecified atom stereocenters. The van der Waals surface area contributed by atoms with Crippen LogP contribution in [0, 0.1) is 0 Å². The highest BCUT2D eigenvalue weighted by atomic mass is 19.4. The van der Waals surface area contributed by atoms with Crippen molar-refractivity contribution < 1.29 is 18.0 Å². The lowest BCUT2D eigenvalue weighted by molar-refractivity contribution is -0.122. The van der Waals surface area contributed by atoms with Crippen LogP contribution in [0.4, 0.5) is 18.0 Å². The number of alkyl halides is 3. The zero-order valence-electron chi connectivity index (χ0n) is 7.20. The number of hydrogen-bond donors (Lipinski definition) is 2. The number of hydrazone groups is 1. The van der Waals surface area contributed by atoms with Crippen molar-refractivity contribution in [3.8, 4) is 0 Å². The van der Waals surface area contributed by atoms with E-state index in [9.17, 15) is 18.0 Å². The molecule has 0 bridgehead atoms. The molecule has 0 aliphatic heterocycles. The van der Waals surface area contributed by atoms with Gasteiger partial charge in [-0.3, -0.25) is 0 Å². The molecule has 0 saturated carbocycles. The second-order valence-corrected chi connectivity index (χ2v) is 2.47. The molecule has 0 saturated heterocycles. The topological polar surface area (TPSA) is 53.5 Å². The normalized spacial score (nSPS) is 10.5. The van der Waals surface area contributed by atoms with E-state index in [4.69, 9.17) is 0 Å². The number of nitrogens with zero attached hydrogens (tertiary/aromatic N) is 1. The van der Waals surface area contributed by atoms with Gasteiger partial charge in [-0.15, -0.1) is 0 Å². The van der Waals surface area contributed by atoms with Crippen LogP contribution in [0.1, 0.15) is 13.8 Å². The first-order chi connectivity index (χ1) is 5.81. The van der Waals surface area contributed by atoms with Crippen molar-refractivity contribution in [3.05, 3.63) is 0 Å². The van der Waals surface area contributed by atoms with Crippen LogP contribution < -0.4 is 10.7 Å². The summed E-state index contributed by atoms with van der Waals surface area (Å²) in [5.74, 6) is 0. The van der Waals surface area contributed by atoms with Crippen molar-refractivity contribution in [2.45, 2.75) is 20.0 Å². The first kappa shape index (κ1) is 11.7. The van der Waals surface area contributed by atoms with Gasteiger partial charge in [0.15, 0.2) is 0 Å². The maximum Gasteiger partial charge on any atom is 0.405 e. The van der Waals surface area contributed by atoms with Crippen molar-refractivity contribution in [3.63, 3.8) is 0 Å². The number of halogens is 3. The predicted octanol–water partition coefficient (Wildman–Crippen LogP) is 1.24.